The number of aromatic nitrogens is 2. The SMILES string of the molecule is CC(C)(C)OC(=O)N(COCC[Si](C)(C)C)c1cn[nH]c1I. The number of nitrogens with zero attached hydrogens (tertiary/aromatic N) is 2. The molecule has 1 rings (SSSR count). The number of ether oxygens (including phenoxy) is 2. The van der Waals surface area contributed by atoms with E-state index in [0.717, 1.165) is 9.74 Å². The van der Waals surface area contributed by atoms with Crippen molar-refractivity contribution in [3.63, 3.8) is 0 Å². The van der Waals surface area contributed by atoms with Gasteiger partial charge in [-0.3, -0.25) is 5.10 Å². The van der Waals surface area contributed by atoms with Crippen molar-refractivity contribution in [2.45, 2.75) is 52.1 Å². The van der Waals surface area contributed by atoms with Gasteiger partial charge in [-0.2, -0.15) is 5.10 Å². The van der Waals surface area contributed by atoms with E-state index in [1.165, 1.54) is 4.90 Å². The van der Waals surface area contributed by atoms with Crippen LogP contribution < -0.4 is 4.90 Å². The number of aromatic amines is 1. The number of amides is 1. The second-order valence-corrected chi connectivity index (χ2v) is 14.0. The highest BCUT2D eigenvalue weighted by molar-refractivity contribution is 14.1. The van der Waals surface area contributed by atoms with Gasteiger partial charge in [-0.15, -0.1) is 0 Å². The highest BCUT2D eigenvalue weighted by atomic mass is 127. The molecule has 8 heteroatoms. The van der Waals surface area contributed by atoms with E-state index in [9.17, 15) is 4.79 Å². The smallest absolute Gasteiger partial charge is 0.416 e. The molecule has 126 valence electrons. The lowest BCUT2D eigenvalue weighted by Crippen LogP contribution is -2.39. The first-order valence-electron chi connectivity index (χ1n) is 7.27. The zero-order chi connectivity index (χ0) is 17.0. The maximum Gasteiger partial charge on any atom is 0.416 e. The summed E-state index contributed by atoms with van der Waals surface area (Å²) >= 11 is 2.10. The Kier molecular flexibility index (Phi) is 6.87. The van der Waals surface area contributed by atoms with Crippen LogP contribution in [0.4, 0.5) is 10.5 Å². The summed E-state index contributed by atoms with van der Waals surface area (Å²) in [7, 11) is -1.15. The van der Waals surface area contributed by atoms with E-state index in [1.54, 1.807) is 6.20 Å². The molecular weight excluding hydrogens is 413 g/mol. The molecule has 1 aromatic heterocycles. The first-order chi connectivity index (χ1) is 9.99. The van der Waals surface area contributed by atoms with Gasteiger partial charge in [0.25, 0.3) is 0 Å². The number of H-pyrrole nitrogens is 1. The standard InChI is InChI=1S/C14H26IN3O3Si/c1-14(2,3)21-13(19)18(11-9-16-17-12(11)15)10-20-7-8-22(4,5)6/h9H,7-8,10H2,1-6H3,(H,16,17). The predicted molar refractivity (Wildman–Crippen MR) is 99.0 cm³/mol. The Morgan fingerprint density at radius 2 is 2.05 bits per heavy atom. The van der Waals surface area contributed by atoms with Crippen molar-refractivity contribution in [2.24, 2.45) is 0 Å². The lowest BCUT2D eigenvalue weighted by Gasteiger charge is -2.27. The third-order valence-corrected chi connectivity index (χ3v) is 5.19. The molecule has 0 atom stereocenters. The van der Waals surface area contributed by atoms with Crippen LogP contribution in [0.2, 0.25) is 25.7 Å². The van der Waals surface area contributed by atoms with Crippen molar-refractivity contribution >= 4 is 42.4 Å². The van der Waals surface area contributed by atoms with Crippen LogP contribution >= 0.6 is 22.6 Å². The van der Waals surface area contributed by atoms with E-state index in [1.807, 2.05) is 20.8 Å². The minimum absolute atomic E-state index is 0.162. The predicted octanol–water partition coefficient (Wildman–Crippen LogP) is 4.07. The Morgan fingerprint density at radius 3 is 2.50 bits per heavy atom. The third kappa shape index (κ3) is 7.10. The van der Waals surface area contributed by atoms with Gasteiger partial charge in [0.1, 0.15) is 21.7 Å². The van der Waals surface area contributed by atoms with Crippen LogP contribution in [0, 0.1) is 3.70 Å². The number of hydrogen-bond acceptors (Lipinski definition) is 4. The number of nitrogens with one attached hydrogen (secondary N) is 1. The third-order valence-electron chi connectivity index (χ3n) is 2.70. The zero-order valence-electron chi connectivity index (χ0n) is 14.2. The van der Waals surface area contributed by atoms with E-state index in [-0.39, 0.29) is 6.73 Å². The minimum atomic E-state index is -1.15. The lowest BCUT2D eigenvalue weighted by molar-refractivity contribution is 0.0499. The summed E-state index contributed by atoms with van der Waals surface area (Å²) in [5.41, 5.74) is 0.117. The summed E-state index contributed by atoms with van der Waals surface area (Å²) in [6.45, 7) is 13.2. The van der Waals surface area contributed by atoms with Gasteiger partial charge in [0.2, 0.25) is 0 Å². The van der Waals surface area contributed by atoms with Crippen molar-refractivity contribution < 1.29 is 14.3 Å². The second-order valence-electron chi connectivity index (χ2n) is 7.33. The summed E-state index contributed by atoms with van der Waals surface area (Å²) in [6, 6.07) is 1.05. The monoisotopic (exact) mass is 439 g/mol. The molecule has 0 saturated heterocycles. The summed E-state index contributed by atoms with van der Waals surface area (Å²) < 4.78 is 11.9. The van der Waals surface area contributed by atoms with Crippen molar-refractivity contribution in [2.75, 3.05) is 18.2 Å². The highest BCUT2D eigenvalue weighted by Crippen LogP contribution is 2.22. The molecule has 6 nitrogen and oxygen atoms in total. The molecule has 0 saturated carbocycles. The molecule has 0 unspecified atom stereocenters. The first-order valence-corrected chi connectivity index (χ1v) is 12.1. The maximum absolute atomic E-state index is 12.4. The van der Waals surface area contributed by atoms with E-state index < -0.39 is 19.8 Å². The number of anilines is 1. The van der Waals surface area contributed by atoms with Gasteiger partial charge in [0.15, 0.2) is 0 Å². The maximum atomic E-state index is 12.4. The van der Waals surface area contributed by atoms with E-state index in [0.29, 0.717) is 12.3 Å². The molecule has 1 heterocycles. The fourth-order valence-corrected chi connectivity index (χ4v) is 2.85. The van der Waals surface area contributed by atoms with E-state index in [2.05, 4.69) is 52.4 Å². The number of rotatable bonds is 6. The fraction of sp³-hybridized carbons (Fsp3) is 0.714. The molecule has 0 spiro atoms. The quantitative estimate of drug-likeness (QED) is 0.314. The van der Waals surface area contributed by atoms with Crippen molar-refractivity contribution in [3.05, 3.63) is 9.90 Å². The minimum Gasteiger partial charge on any atom is -0.443 e. The first kappa shape index (κ1) is 19.4. The number of hydrogen-bond donors (Lipinski definition) is 1. The van der Waals surface area contributed by atoms with Crippen molar-refractivity contribution in [1.82, 2.24) is 10.2 Å². The average Bonchev–Trinajstić information content (AvgIpc) is 2.71. The topological polar surface area (TPSA) is 67.4 Å². The zero-order valence-corrected chi connectivity index (χ0v) is 17.4. The van der Waals surface area contributed by atoms with Crippen LogP contribution in [0.1, 0.15) is 20.8 Å². The van der Waals surface area contributed by atoms with Crippen LogP contribution in [0.5, 0.6) is 0 Å². The van der Waals surface area contributed by atoms with Crippen LogP contribution in [0.25, 0.3) is 0 Å². The average molecular weight is 439 g/mol. The molecule has 0 bridgehead atoms. The van der Waals surface area contributed by atoms with Gasteiger partial charge in [-0.25, -0.2) is 9.69 Å². The molecule has 1 aromatic rings. The molecule has 0 fully saturated rings. The van der Waals surface area contributed by atoms with Gasteiger partial charge >= 0.3 is 6.09 Å². The van der Waals surface area contributed by atoms with Crippen LogP contribution in [-0.2, 0) is 9.47 Å². The summed E-state index contributed by atoms with van der Waals surface area (Å²) in [4.78, 5) is 13.9. The molecule has 0 aromatic carbocycles. The number of halogens is 1. The lowest BCUT2D eigenvalue weighted by atomic mass is 10.2. The largest absolute Gasteiger partial charge is 0.443 e. The summed E-state index contributed by atoms with van der Waals surface area (Å²) in [5.74, 6) is 0. The number of carbonyl (C=O) groups excluding carboxylic acids is 1. The summed E-state index contributed by atoms with van der Waals surface area (Å²) in [5, 5.41) is 6.78. The Bertz CT molecular complexity index is 494. The van der Waals surface area contributed by atoms with Gasteiger partial charge in [0, 0.05) is 14.7 Å². The van der Waals surface area contributed by atoms with E-state index in [4.69, 9.17) is 9.47 Å². The molecule has 1 amide bonds. The van der Waals surface area contributed by atoms with Gasteiger partial charge in [-0.1, -0.05) is 19.6 Å². The second kappa shape index (κ2) is 7.78. The summed E-state index contributed by atoms with van der Waals surface area (Å²) in [6.07, 6.45) is 1.17. The fourth-order valence-electron chi connectivity index (χ4n) is 1.52. The Morgan fingerprint density at radius 1 is 1.41 bits per heavy atom. The highest BCUT2D eigenvalue weighted by Gasteiger charge is 2.26. The normalized spacial score (nSPS) is 12.3. The van der Waals surface area contributed by atoms with Crippen molar-refractivity contribution in [3.8, 4) is 0 Å². The molecule has 22 heavy (non-hydrogen) atoms. The molecule has 1 N–H and O–H groups in total. The Balaban J connectivity index is 2.72. The van der Waals surface area contributed by atoms with E-state index >= 15 is 0 Å². The van der Waals surface area contributed by atoms with Gasteiger partial charge in [-0.05, 0) is 49.4 Å². The molecular formula is C14H26IN3O3Si. The number of carbonyl (C=O) groups is 1. The Labute approximate surface area is 147 Å². The molecule has 0 aliphatic rings. The van der Waals surface area contributed by atoms with Crippen LogP contribution in [0.3, 0.4) is 0 Å². The van der Waals surface area contributed by atoms with Crippen LogP contribution in [0.15, 0.2) is 6.20 Å². The molecule has 0 aliphatic heterocycles. The van der Waals surface area contributed by atoms with Crippen LogP contribution in [-0.4, -0.2) is 43.3 Å². The van der Waals surface area contributed by atoms with Gasteiger partial charge in [0.05, 0.1) is 6.20 Å². The van der Waals surface area contributed by atoms with Gasteiger partial charge < -0.3 is 9.47 Å². The molecule has 0 aliphatic carbocycles. The Hall–Kier alpha value is -0.613. The molecule has 0 radical (unpaired) electrons. The van der Waals surface area contributed by atoms with Crippen molar-refractivity contribution in [1.29, 1.82) is 0 Å².